The second-order valence-corrected chi connectivity index (χ2v) is 14.2. The first-order valence-electron chi connectivity index (χ1n) is 16.8. The first-order chi connectivity index (χ1) is 22.9. The largest absolute Gasteiger partial charge is 0.474 e. The van der Waals surface area contributed by atoms with E-state index in [-0.39, 0.29) is 59.5 Å². The number of rotatable bonds is 9. The zero-order valence-electron chi connectivity index (χ0n) is 28.3. The summed E-state index contributed by atoms with van der Waals surface area (Å²) in [6.45, 7) is 8.05. The maximum absolute atomic E-state index is 14.2. The lowest BCUT2D eigenvalue weighted by molar-refractivity contribution is -0.00382. The van der Waals surface area contributed by atoms with Gasteiger partial charge in [-0.05, 0) is 59.6 Å². The molecule has 1 amide bonds. The van der Waals surface area contributed by atoms with Crippen LogP contribution < -0.4 is 9.47 Å². The summed E-state index contributed by atoms with van der Waals surface area (Å²) in [4.78, 5) is 30.6. The predicted octanol–water partition coefficient (Wildman–Crippen LogP) is 5.87. The van der Waals surface area contributed by atoms with Gasteiger partial charge in [-0.3, -0.25) is 4.90 Å². The number of likely N-dealkylation sites (N-methyl/N-ethyl adjacent to an activating group) is 1. The van der Waals surface area contributed by atoms with Crippen molar-refractivity contribution in [3.63, 3.8) is 0 Å². The highest BCUT2D eigenvalue weighted by Gasteiger charge is 2.45. The molecule has 0 unspecified atom stereocenters. The number of hydrogen-bond acceptors (Lipinski definition) is 11. The second-order valence-electron chi connectivity index (χ2n) is 14.2. The van der Waals surface area contributed by atoms with Crippen molar-refractivity contribution in [2.24, 2.45) is 0 Å². The topological polar surface area (TPSA) is 140 Å². The first kappa shape index (κ1) is 33.6. The number of alkyl halides is 1. The number of piperidine rings is 1. The molecule has 48 heavy (non-hydrogen) atoms. The summed E-state index contributed by atoms with van der Waals surface area (Å²) in [5, 5.41) is 13.8. The van der Waals surface area contributed by atoms with Gasteiger partial charge in [-0.1, -0.05) is 41.9 Å². The summed E-state index contributed by atoms with van der Waals surface area (Å²) in [6, 6.07) is 13.4. The highest BCUT2D eigenvalue weighted by molar-refractivity contribution is 5.68. The number of likely N-dealkylation sites (tertiary alicyclic amines) is 2. The van der Waals surface area contributed by atoms with Gasteiger partial charge in [-0.15, -0.1) is 0 Å². The molecule has 3 aliphatic rings. The molecule has 1 aliphatic carbocycles. The Morgan fingerprint density at radius 1 is 1.15 bits per heavy atom. The minimum absolute atomic E-state index is 0.132. The van der Waals surface area contributed by atoms with Gasteiger partial charge in [0.2, 0.25) is 29.3 Å². The van der Waals surface area contributed by atoms with Crippen molar-refractivity contribution in [2.45, 2.75) is 114 Å². The fourth-order valence-corrected chi connectivity index (χ4v) is 6.98. The number of benzene rings is 1. The van der Waals surface area contributed by atoms with E-state index in [0.29, 0.717) is 38.2 Å². The average Bonchev–Trinajstić information content (AvgIpc) is 3.63. The van der Waals surface area contributed by atoms with E-state index < -0.39 is 17.9 Å². The Balaban J connectivity index is 1.27. The van der Waals surface area contributed by atoms with Crippen LogP contribution in [0.1, 0.15) is 84.1 Å². The zero-order chi connectivity index (χ0) is 34.1. The smallest absolute Gasteiger partial charge is 0.410 e. The second kappa shape index (κ2) is 13.7. The van der Waals surface area contributed by atoms with Crippen LogP contribution >= 0.6 is 0 Å². The SMILES string of the molecule is C[C@H](Oc1cc(O[C@H]2CCN(C(=O)OC(C)(C)C)[C@H](CC#N)C2)nc(-c2noc(C3(c4ccccc4)CCC3)n2)n1)[C@@H]1C[C@@H](F)CN1C. The third-order valence-electron chi connectivity index (χ3n) is 9.56. The predicted molar refractivity (Wildman–Crippen MR) is 173 cm³/mol. The Bertz CT molecular complexity index is 1620. The number of nitrogens with zero attached hydrogens (tertiary/aromatic N) is 7. The third-order valence-corrected chi connectivity index (χ3v) is 9.56. The average molecular weight is 662 g/mol. The van der Waals surface area contributed by atoms with Crippen LogP contribution in [0.4, 0.5) is 9.18 Å². The van der Waals surface area contributed by atoms with Gasteiger partial charge in [0.25, 0.3) is 0 Å². The normalized spacial score (nSPS) is 24.7. The Kier molecular flexibility index (Phi) is 9.56. The van der Waals surface area contributed by atoms with E-state index in [4.69, 9.17) is 23.7 Å². The standard InChI is InChI=1S/C35H44FN7O5/c1-22(27-18-24(36)21-42(27)5)45-28-20-29(46-26-13-17-43(25(19-26)12-16-37)33(44)47-34(2,3)4)39-30(38-28)31-40-32(48-41-31)35(14-9-15-35)23-10-7-6-8-11-23/h6-8,10-11,20,22,24-27H,9,12-15,17-19,21H2,1-5H3/t22-,24+,25+,26-,27-/m0/s1. The Morgan fingerprint density at radius 2 is 1.90 bits per heavy atom. The molecule has 256 valence electrons. The summed E-state index contributed by atoms with van der Waals surface area (Å²) >= 11 is 0. The van der Waals surface area contributed by atoms with Crippen molar-refractivity contribution in [1.29, 1.82) is 5.26 Å². The van der Waals surface area contributed by atoms with Crippen molar-refractivity contribution >= 4 is 6.09 Å². The molecule has 12 nitrogen and oxygen atoms in total. The lowest BCUT2D eigenvalue weighted by Crippen LogP contribution is -2.50. The molecule has 6 rings (SSSR count). The van der Waals surface area contributed by atoms with Crippen molar-refractivity contribution in [2.75, 3.05) is 20.1 Å². The van der Waals surface area contributed by atoms with E-state index in [1.54, 1.807) is 11.0 Å². The molecule has 2 saturated heterocycles. The Morgan fingerprint density at radius 3 is 2.54 bits per heavy atom. The molecule has 13 heteroatoms. The van der Waals surface area contributed by atoms with Gasteiger partial charge in [0.15, 0.2) is 0 Å². The molecule has 2 aromatic heterocycles. The van der Waals surface area contributed by atoms with Crippen LogP contribution in [-0.4, -0.2) is 92.2 Å². The van der Waals surface area contributed by atoms with Crippen molar-refractivity contribution in [3.8, 4) is 29.5 Å². The maximum Gasteiger partial charge on any atom is 0.410 e. The number of carbonyl (C=O) groups excluding carboxylic acids is 1. The van der Waals surface area contributed by atoms with Gasteiger partial charge >= 0.3 is 6.09 Å². The molecule has 3 fully saturated rings. The molecule has 3 aromatic rings. The van der Waals surface area contributed by atoms with Crippen molar-refractivity contribution in [3.05, 3.63) is 47.9 Å². The molecule has 0 radical (unpaired) electrons. The number of carbonyl (C=O) groups is 1. The lowest BCUT2D eigenvalue weighted by Gasteiger charge is -2.38. The number of nitriles is 1. The fraction of sp³-hybridized carbons (Fsp3) is 0.600. The monoisotopic (exact) mass is 661 g/mol. The van der Waals surface area contributed by atoms with Gasteiger partial charge in [0.1, 0.15) is 24.0 Å². The fourth-order valence-electron chi connectivity index (χ4n) is 6.98. The van der Waals surface area contributed by atoms with Crippen LogP contribution in [0.5, 0.6) is 11.8 Å². The van der Waals surface area contributed by atoms with E-state index in [1.165, 1.54) is 0 Å². The third kappa shape index (κ3) is 7.23. The molecule has 0 N–H and O–H groups in total. The molecular formula is C35H44FN7O5. The first-order valence-corrected chi connectivity index (χ1v) is 16.8. The van der Waals surface area contributed by atoms with Crippen LogP contribution in [0.15, 0.2) is 40.9 Å². The molecule has 1 aromatic carbocycles. The highest BCUT2D eigenvalue weighted by Crippen LogP contribution is 2.48. The minimum Gasteiger partial charge on any atom is -0.474 e. The van der Waals surface area contributed by atoms with Crippen molar-refractivity contribution in [1.82, 2.24) is 29.9 Å². The van der Waals surface area contributed by atoms with Crippen LogP contribution in [-0.2, 0) is 10.2 Å². The lowest BCUT2D eigenvalue weighted by atomic mass is 9.64. The van der Waals surface area contributed by atoms with E-state index in [9.17, 15) is 14.4 Å². The van der Waals surface area contributed by atoms with Gasteiger partial charge < -0.3 is 23.6 Å². The Hall–Kier alpha value is -4.31. The van der Waals surface area contributed by atoms with E-state index in [0.717, 1.165) is 24.8 Å². The number of halogens is 1. The van der Waals surface area contributed by atoms with E-state index in [1.807, 2.05) is 57.8 Å². The van der Waals surface area contributed by atoms with Gasteiger partial charge in [-0.2, -0.15) is 20.2 Å². The molecular weight excluding hydrogens is 617 g/mol. The quantitative estimate of drug-likeness (QED) is 0.272. The van der Waals surface area contributed by atoms with Gasteiger partial charge in [-0.25, -0.2) is 9.18 Å². The number of aromatic nitrogens is 4. The summed E-state index contributed by atoms with van der Waals surface area (Å²) in [7, 11) is 1.88. The minimum atomic E-state index is -0.917. The van der Waals surface area contributed by atoms with Gasteiger partial charge in [0, 0.05) is 32.0 Å². The number of amides is 1. The Labute approximate surface area is 280 Å². The number of hydrogen-bond donors (Lipinski definition) is 0. The van der Waals surface area contributed by atoms with Crippen LogP contribution in [0.25, 0.3) is 11.6 Å². The summed E-state index contributed by atoms with van der Waals surface area (Å²) in [6.07, 6.45) is 2.17. The van der Waals surface area contributed by atoms with Crippen LogP contribution in [0, 0.1) is 11.3 Å². The molecule has 5 atom stereocenters. The van der Waals surface area contributed by atoms with Crippen molar-refractivity contribution < 1.29 is 27.9 Å². The molecule has 0 spiro atoms. The van der Waals surface area contributed by atoms with E-state index in [2.05, 4.69) is 33.3 Å². The molecule has 1 saturated carbocycles. The summed E-state index contributed by atoms with van der Waals surface area (Å²) in [5.74, 6) is 1.38. The van der Waals surface area contributed by atoms with Gasteiger partial charge in [0.05, 0.1) is 30.0 Å². The molecule has 0 bridgehead atoms. The van der Waals surface area contributed by atoms with Crippen LogP contribution in [0.3, 0.4) is 0 Å². The molecule has 4 heterocycles. The zero-order valence-corrected chi connectivity index (χ0v) is 28.3. The van der Waals surface area contributed by atoms with E-state index >= 15 is 0 Å². The highest BCUT2D eigenvalue weighted by atomic mass is 19.1. The summed E-state index contributed by atoms with van der Waals surface area (Å²) < 4.78 is 38.4. The molecule has 2 aliphatic heterocycles. The van der Waals surface area contributed by atoms with Crippen LogP contribution in [0.2, 0.25) is 0 Å². The maximum atomic E-state index is 14.2. The number of ether oxygens (including phenoxy) is 3. The summed E-state index contributed by atoms with van der Waals surface area (Å²) in [5.41, 5.74) is 0.112.